The third-order valence-electron chi connectivity index (χ3n) is 5.11. The number of fused-ring (bicyclic) bond motifs is 1. The molecule has 1 aromatic carbocycles. The second kappa shape index (κ2) is 8.76. The van der Waals surface area contributed by atoms with E-state index in [1.165, 1.54) is 19.3 Å². The summed E-state index contributed by atoms with van der Waals surface area (Å²) in [6.45, 7) is 4.87. The van der Waals surface area contributed by atoms with E-state index < -0.39 is 5.79 Å². The molecular formula is C21H25N5O5. The molecule has 2 aliphatic heterocycles. The summed E-state index contributed by atoms with van der Waals surface area (Å²) in [5.74, 6) is 1.64. The highest BCUT2D eigenvalue weighted by Crippen LogP contribution is 2.41. The van der Waals surface area contributed by atoms with Gasteiger partial charge in [-0.25, -0.2) is 0 Å². The molecule has 1 aromatic heterocycles. The molecule has 0 spiro atoms. The van der Waals surface area contributed by atoms with E-state index in [0.29, 0.717) is 41.6 Å². The minimum absolute atomic E-state index is 0.250. The number of aromatic nitrogens is 2. The summed E-state index contributed by atoms with van der Waals surface area (Å²) < 4.78 is 16.9. The maximum Gasteiger partial charge on any atom is 0.290 e. The summed E-state index contributed by atoms with van der Waals surface area (Å²) >= 11 is 0. The minimum atomic E-state index is -0.662. The van der Waals surface area contributed by atoms with Gasteiger partial charge >= 0.3 is 0 Å². The first kappa shape index (κ1) is 20.9. The Bertz CT molecular complexity index is 996. The van der Waals surface area contributed by atoms with Crippen LogP contribution in [-0.2, 0) is 4.79 Å². The average molecular weight is 427 g/mol. The maximum absolute atomic E-state index is 8.36. The van der Waals surface area contributed by atoms with E-state index in [1.54, 1.807) is 0 Å². The number of benzene rings is 1. The van der Waals surface area contributed by atoms with Gasteiger partial charge in [0.1, 0.15) is 12.4 Å². The number of rotatable bonds is 5. The van der Waals surface area contributed by atoms with Gasteiger partial charge in [-0.2, -0.15) is 4.98 Å². The lowest BCUT2D eigenvalue weighted by Gasteiger charge is -2.30. The van der Waals surface area contributed by atoms with Gasteiger partial charge in [-0.05, 0) is 37.1 Å². The summed E-state index contributed by atoms with van der Waals surface area (Å²) in [5.41, 5.74) is 1.50. The summed E-state index contributed by atoms with van der Waals surface area (Å²) in [6, 6.07) is 6.28. The van der Waals surface area contributed by atoms with Crippen molar-refractivity contribution in [3.8, 4) is 22.9 Å². The number of hydrogen-bond donors (Lipinski definition) is 2. The van der Waals surface area contributed by atoms with Crippen LogP contribution in [0.1, 0.15) is 39.0 Å². The van der Waals surface area contributed by atoms with Crippen LogP contribution in [0.5, 0.6) is 11.5 Å². The molecule has 2 aromatic rings. The first-order chi connectivity index (χ1) is 15.0. The molecule has 10 nitrogen and oxygen atoms in total. The molecule has 3 heterocycles. The van der Waals surface area contributed by atoms with Crippen LogP contribution < -0.4 is 14.8 Å². The highest BCUT2D eigenvalue weighted by atomic mass is 16.7. The molecule has 0 saturated heterocycles. The predicted octanol–water partition coefficient (Wildman–Crippen LogP) is 2.62. The van der Waals surface area contributed by atoms with E-state index >= 15 is 0 Å². The largest absolute Gasteiger partial charge is 0.483 e. The molecule has 10 heteroatoms. The van der Waals surface area contributed by atoms with E-state index in [0.717, 1.165) is 12.2 Å². The molecule has 0 amide bonds. The number of aliphatic imine (C=N–C) groups is 1. The van der Waals surface area contributed by atoms with Crippen LogP contribution in [0.25, 0.3) is 11.4 Å². The number of nitrogens with zero attached hydrogens (tertiary/aromatic N) is 4. The lowest BCUT2D eigenvalue weighted by atomic mass is 9.93. The summed E-state index contributed by atoms with van der Waals surface area (Å²) in [4.78, 5) is 19.5. The first-order valence-corrected chi connectivity index (χ1v) is 10.1. The lowest BCUT2D eigenvalue weighted by Crippen LogP contribution is -2.42. The SMILES string of the molecule is CC1(C)Oc2ccc(-c3noc(C4=NCN(CNC5CCC5)C=C4)n3)cc2O1.O=CO. The number of nitrogens with one attached hydrogen (secondary N) is 1. The van der Waals surface area contributed by atoms with Crippen molar-refractivity contribution in [1.82, 2.24) is 20.4 Å². The summed E-state index contributed by atoms with van der Waals surface area (Å²) in [5, 5.41) is 14.5. The second-order valence-electron chi connectivity index (χ2n) is 7.87. The average Bonchev–Trinajstić information content (AvgIpc) is 3.30. The van der Waals surface area contributed by atoms with Crippen molar-refractivity contribution in [3.63, 3.8) is 0 Å². The molecule has 1 saturated carbocycles. The summed E-state index contributed by atoms with van der Waals surface area (Å²) in [6.07, 6.45) is 7.80. The highest BCUT2D eigenvalue weighted by Gasteiger charge is 2.32. The molecule has 0 radical (unpaired) electrons. The van der Waals surface area contributed by atoms with Gasteiger partial charge in [0.25, 0.3) is 12.4 Å². The van der Waals surface area contributed by atoms with Gasteiger partial charge in [0.05, 0.1) is 6.67 Å². The van der Waals surface area contributed by atoms with Crippen molar-refractivity contribution in [3.05, 3.63) is 36.4 Å². The molecule has 5 rings (SSSR count). The van der Waals surface area contributed by atoms with Gasteiger partial charge in [-0.3, -0.25) is 15.1 Å². The van der Waals surface area contributed by atoms with Gasteiger partial charge in [0, 0.05) is 31.7 Å². The van der Waals surface area contributed by atoms with Crippen molar-refractivity contribution in [2.45, 2.75) is 44.9 Å². The van der Waals surface area contributed by atoms with Gasteiger partial charge < -0.3 is 24.0 Å². The van der Waals surface area contributed by atoms with Crippen LogP contribution in [0.3, 0.4) is 0 Å². The van der Waals surface area contributed by atoms with Gasteiger partial charge in [0.15, 0.2) is 11.5 Å². The fourth-order valence-corrected chi connectivity index (χ4v) is 3.35. The molecule has 0 unspecified atom stereocenters. The van der Waals surface area contributed by atoms with Crippen molar-refractivity contribution < 1.29 is 23.9 Å². The zero-order valence-electron chi connectivity index (χ0n) is 17.4. The fourth-order valence-electron chi connectivity index (χ4n) is 3.35. The first-order valence-electron chi connectivity index (χ1n) is 10.1. The van der Waals surface area contributed by atoms with Gasteiger partial charge in [-0.1, -0.05) is 11.6 Å². The number of allylic oxidation sites excluding steroid dienone is 1. The number of hydrogen-bond acceptors (Lipinski definition) is 9. The van der Waals surface area contributed by atoms with E-state index in [1.807, 2.05) is 44.3 Å². The highest BCUT2D eigenvalue weighted by molar-refractivity contribution is 6.05. The quantitative estimate of drug-likeness (QED) is 0.693. The van der Waals surface area contributed by atoms with Crippen LogP contribution in [0, 0.1) is 0 Å². The molecule has 2 N–H and O–H groups in total. The molecule has 0 bridgehead atoms. The third-order valence-corrected chi connectivity index (χ3v) is 5.11. The van der Waals surface area contributed by atoms with E-state index in [-0.39, 0.29) is 6.47 Å². The van der Waals surface area contributed by atoms with Crippen molar-refractivity contribution in [2.75, 3.05) is 13.3 Å². The lowest BCUT2D eigenvalue weighted by molar-refractivity contribution is -0.122. The maximum atomic E-state index is 8.36. The molecule has 164 valence electrons. The van der Waals surface area contributed by atoms with E-state index in [9.17, 15) is 0 Å². The Labute approximate surface area is 179 Å². The van der Waals surface area contributed by atoms with E-state index in [4.69, 9.17) is 23.9 Å². The second-order valence-corrected chi connectivity index (χ2v) is 7.87. The number of ether oxygens (including phenoxy) is 2. The smallest absolute Gasteiger partial charge is 0.290 e. The molecule has 1 aliphatic carbocycles. The Morgan fingerprint density at radius 1 is 1.29 bits per heavy atom. The molecule has 3 aliphatic rings. The fraction of sp³-hybridized carbons (Fsp3) is 0.429. The van der Waals surface area contributed by atoms with Crippen LogP contribution in [0.2, 0.25) is 0 Å². The van der Waals surface area contributed by atoms with Crippen molar-refractivity contribution >= 4 is 12.2 Å². The van der Waals surface area contributed by atoms with Gasteiger partial charge in [0.2, 0.25) is 11.6 Å². The molecule has 31 heavy (non-hydrogen) atoms. The molecule has 0 atom stereocenters. The Hall–Kier alpha value is -3.40. The normalized spacial score (nSPS) is 18.6. The standard InChI is InChI=1S/C20H23N5O3.CH2O2/c1-20(2)26-16-7-6-13(10-17(16)27-20)18-23-19(28-24-18)15-8-9-25(12-22-15)11-21-14-4-3-5-14;2-1-3/h6-10,14,21H,3-5,11-12H2,1-2H3;1H,(H,2,3). The minimum Gasteiger partial charge on any atom is -0.483 e. The zero-order valence-corrected chi connectivity index (χ0v) is 17.4. The van der Waals surface area contributed by atoms with Crippen molar-refractivity contribution in [2.24, 2.45) is 4.99 Å². The Morgan fingerprint density at radius 2 is 2.06 bits per heavy atom. The molecule has 1 fully saturated rings. The van der Waals surface area contributed by atoms with E-state index in [2.05, 4.69) is 25.3 Å². The van der Waals surface area contributed by atoms with Gasteiger partial charge in [-0.15, -0.1) is 0 Å². The summed E-state index contributed by atoms with van der Waals surface area (Å²) in [7, 11) is 0. The van der Waals surface area contributed by atoms with Crippen LogP contribution in [-0.4, -0.2) is 57.5 Å². The number of carboxylic acid groups (broad SMARTS) is 1. The predicted molar refractivity (Wildman–Crippen MR) is 112 cm³/mol. The molecular weight excluding hydrogens is 402 g/mol. The van der Waals surface area contributed by atoms with Crippen LogP contribution in [0.15, 0.2) is 40.0 Å². The topological polar surface area (TPSA) is 122 Å². The Morgan fingerprint density at radius 3 is 2.74 bits per heavy atom. The monoisotopic (exact) mass is 427 g/mol. The zero-order chi connectivity index (χ0) is 21.8. The third kappa shape index (κ3) is 4.85. The van der Waals surface area contributed by atoms with Crippen LogP contribution >= 0.6 is 0 Å². The Kier molecular flexibility index (Phi) is 5.90. The number of carbonyl (C=O) groups is 1. The van der Waals surface area contributed by atoms with Crippen LogP contribution in [0.4, 0.5) is 0 Å². The Balaban J connectivity index is 0.000000730. The van der Waals surface area contributed by atoms with Crippen molar-refractivity contribution in [1.29, 1.82) is 0 Å².